The van der Waals surface area contributed by atoms with Crippen LogP contribution in [0.3, 0.4) is 0 Å². The number of carbonyl (C=O) groups excluding carboxylic acids is 1. The zero-order valence-electron chi connectivity index (χ0n) is 14.1. The number of amides is 1. The highest BCUT2D eigenvalue weighted by molar-refractivity contribution is 6.43. The largest absolute Gasteiger partial charge is 0.482 e. The van der Waals surface area contributed by atoms with E-state index in [2.05, 4.69) is 10.5 Å². The highest BCUT2D eigenvalue weighted by Crippen LogP contribution is 2.34. The van der Waals surface area contributed by atoms with Crippen LogP contribution in [0.4, 0.5) is 0 Å². The smallest absolute Gasteiger partial charge is 0.277 e. The second-order valence-corrected chi connectivity index (χ2v) is 7.09. The van der Waals surface area contributed by atoms with Gasteiger partial charge in [-0.3, -0.25) is 4.79 Å². The van der Waals surface area contributed by atoms with Crippen molar-refractivity contribution in [2.75, 3.05) is 6.61 Å². The topological polar surface area (TPSA) is 63.8 Å². The van der Waals surface area contributed by atoms with Gasteiger partial charge >= 0.3 is 0 Å². The van der Waals surface area contributed by atoms with E-state index in [0.29, 0.717) is 42.9 Å². The van der Waals surface area contributed by atoms with E-state index in [1.807, 2.05) is 0 Å². The van der Waals surface area contributed by atoms with Crippen LogP contribution in [0.2, 0.25) is 20.1 Å². The maximum absolute atomic E-state index is 11.8. The number of nitrogens with zero attached hydrogens (tertiary/aromatic N) is 1. The Labute approximate surface area is 180 Å². The predicted octanol–water partition coefficient (Wildman–Crippen LogP) is 6.09. The highest BCUT2D eigenvalue weighted by atomic mass is 35.5. The van der Waals surface area contributed by atoms with Crippen LogP contribution < -0.4 is 10.2 Å². The fraction of sp³-hybridized carbons (Fsp3) is 0.0526. The molecule has 3 aromatic rings. The molecule has 1 aromatic heterocycles. The summed E-state index contributed by atoms with van der Waals surface area (Å²) in [5.74, 6) is 0.781. The molecule has 1 heterocycles. The summed E-state index contributed by atoms with van der Waals surface area (Å²) in [6, 6.07) is 13.4. The van der Waals surface area contributed by atoms with Crippen molar-refractivity contribution in [3.05, 3.63) is 74.4 Å². The lowest BCUT2D eigenvalue weighted by atomic mass is 10.2. The van der Waals surface area contributed by atoms with Gasteiger partial charge in [0.15, 0.2) is 6.61 Å². The van der Waals surface area contributed by atoms with Gasteiger partial charge in [0.05, 0.1) is 21.3 Å². The molecule has 5 nitrogen and oxygen atoms in total. The molecule has 144 valence electrons. The minimum Gasteiger partial charge on any atom is -0.482 e. The van der Waals surface area contributed by atoms with Crippen molar-refractivity contribution in [2.24, 2.45) is 5.10 Å². The molecule has 1 N–H and O–H groups in total. The normalized spacial score (nSPS) is 11.0. The quantitative estimate of drug-likeness (QED) is 0.359. The summed E-state index contributed by atoms with van der Waals surface area (Å²) < 4.78 is 11.0. The first-order valence-electron chi connectivity index (χ1n) is 7.88. The minimum absolute atomic E-state index is 0.279. The Morgan fingerprint density at radius 2 is 1.89 bits per heavy atom. The number of hydrogen-bond donors (Lipinski definition) is 1. The lowest BCUT2D eigenvalue weighted by molar-refractivity contribution is -0.123. The maximum atomic E-state index is 11.8. The summed E-state index contributed by atoms with van der Waals surface area (Å²) in [6.45, 7) is -0.279. The molecule has 0 saturated heterocycles. The van der Waals surface area contributed by atoms with E-state index in [1.165, 1.54) is 12.3 Å². The molecule has 0 unspecified atom stereocenters. The number of furan rings is 1. The van der Waals surface area contributed by atoms with Gasteiger partial charge in [0.25, 0.3) is 5.91 Å². The van der Waals surface area contributed by atoms with E-state index < -0.39 is 5.91 Å². The summed E-state index contributed by atoms with van der Waals surface area (Å²) in [5.41, 5.74) is 2.98. The van der Waals surface area contributed by atoms with Crippen LogP contribution in [-0.4, -0.2) is 18.7 Å². The molecule has 9 heteroatoms. The Kier molecular flexibility index (Phi) is 6.86. The van der Waals surface area contributed by atoms with Crippen LogP contribution >= 0.6 is 46.4 Å². The van der Waals surface area contributed by atoms with E-state index in [1.54, 1.807) is 42.5 Å². The van der Waals surface area contributed by atoms with Gasteiger partial charge in [-0.05, 0) is 36.4 Å². The van der Waals surface area contributed by atoms with Gasteiger partial charge in [0.2, 0.25) is 0 Å². The highest BCUT2D eigenvalue weighted by Gasteiger charge is 2.10. The molecule has 0 saturated carbocycles. The predicted molar refractivity (Wildman–Crippen MR) is 112 cm³/mol. The Morgan fingerprint density at radius 1 is 1.07 bits per heavy atom. The summed E-state index contributed by atoms with van der Waals surface area (Å²) in [6.07, 6.45) is 1.35. The molecule has 0 aliphatic heterocycles. The SMILES string of the molecule is O=C(COc1cc(Cl)ccc1Cl)NN=Cc1ccc(-c2cccc(Cl)c2Cl)o1. The zero-order valence-corrected chi connectivity index (χ0v) is 17.1. The zero-order chi connectivity index (χ0) is 20.1. The third kappa shape index (κ3) is 5.20. The summed E-state index contributed by atoms with van der Waals surface area (Å²) in [4.78, 5) is 11.8. The number of hydrazone groups is 1. The van der Waals surface area contributed by atoms with Crippen molar-refractivity contribution in [3.8, 4) is 17.1 Å². The van der Waals surface area contributed by atoms with E-state index in [-0.39, 0.29) is 6.61 Å². The number of rotatable bonds is 6. The van der Waals surface area contributed by atoms with Gasteiger partial charge < -0.3 is 9.15 Å². The summed E-state index contributed by atoms with van der Waals surface area (Å²) in [5, 5.41) is 5.45. The third-order valence-electron chi connectivity index (χ3n) is 3.48. The first-order valence-corrected chi connectivity index (χ1v) is 9.39. The van der Waals surface area contributed by atoms with E-state index in [4.69, 9.17) is 55.6 Å². The average Bonchev–Trinajstić information content (AvgIpc) is 3.13. The lowest BCUT2D eigenvalue weighted by Gasteiger charge is -2.07. The van der Waals surface area contributed by atoms with Gasteiger partial charge in [-0.2, -0.15) is 5.10 Å². The Balaban J connectivity index is 1.56. The Hall–Kier alpha value is -2.18. The van der Waals surface area contributed by atoms with Crippen molar-refractivity contribution in [2.45, 2.75) is 0 Å². The number of benzene rings is 2. The molecule has 0 bridgehead atoms. The first kappa shape index (κ1) is 20.6. The molecule has 0 atom stereocenters. The van der Waals surface area contributed by atoms with Crippen LogP contribution in [0, 0.1) is 0 Å². The number of nitrogens with one attached hydrogen (secondary N) is 1. The molecular weight excluding hydrogens is 446 g/mol. The standard InChI is InChI=1S/C19H12Cl4N2O3/c20-11-4-6-14(21)17(8-11)27-10-18(26)25-24-9-12-5-7-16(28-12)13-2-1-3-15(22)19(13)23/h1-9H,10H2,(H,25,26). The van der Waals surface area contributed by atoms with Gasteiger partial charge in [-0.15, -0.1) is 0 Å². The molecule has 28 heavy (non-hydrogen) atoms. The number of hydrogen-bond acceptors (Lipinski definition) is 4. The van der Waals surface area contributed by atoms with Crippen molar-refractivity contribution < 1.29 is 13.9 Å². The fourth-order valence-electron chi connectivity index (χ4n) is 2.19. The van der Waals surface area contributed by atoms with E-state index >= 15 is 0 Å². The van der Waals surface area contributed by atoms with Crippen LogP contribution in [-0.2, 0) is 4.79 Å². The van der Waals surface area contributed by atoms with Gasteiger partial charge in [-0.25, -0.2) is 5.43 Å². The molecule has 3 rings (SSSR count). The van der Waals surface area contributed by atoms with Crippen LogP contribution in [0.1, 0.15) is 5.76 Å². The van der Waals surface area contributed by atoms with Crippen molar-refractivity contribution in [1.82, 2.24) is 5.43 Å². The monoisotopic (exact) mass is 456 g/mol. The summed E-state index contributed by atoms with van der Waals surface area (Å²) >= 11 is 24.0. The van der Waals surface area contributed by atoms with Crippen molar-refractivity contribution >= 4 is 58.5 Å². The Morgan fingerprint density at radius 3 is 2.71 bits per heavy atom. The van der Waals surface area contributed by atoms with E-state index in [0.717, 1.165) is 0 Å². The molecule has 1 amide bonds. The number of halogens is 4. The molecule has 0 fully saturated rings. The average molecular weight is 458 g/mol. The Bertz CT molecular complexity index is 1030. The molecular formula is C19H12Cl4N2O3. The number of carbonyl (C=O) groups is 1. The number of ether oxygens (including phenoxy) is 1. The lowest BCUT2D eigenvalue weighted by Crippen LogP contribution is -2.24. The minimum atomic E-state index is -0.475. The van der Waals surface area contributed by atoms with Gasteiger partial charge in [0.1, 0.15) is 17.3 Å². The molecule has 0 radical (unpaired) electrons. The second-order valence-electron chi connectivity index (χ2n) is 5.46. The fourth-order valence-corrected chi connectivity index (χ4v) is 2.92. The van der Waals surface area contributed by atoms with Crippen molar-refractivity contribution in [1.29, 1.82) is 0 Å². The maximum Gasteiger partial charge on any atom is 0.277 e. The molecule has 0 aliphatic carbocycles. The van der Waals surface area contributed by atoms with Gasteiger partial charge in [-0.1, -0.05) is 52.5 Å². The van der Waals surface area contributed by atoms with Crippen LogP contribution in [0.25, 0.3) is 11.3 Å². The van der Waals surface area contributed by atoms with Crippen molar-refractivity contribution in [3.63, 3.8) is 0 Å². The molecule has 0 spiro atoms. The third-order valence-corrected chi connectivity index (χ3v) is 4.84. The molecule has 0 aliphatic rings. The first-order chi connectivity index (χ1) is 13.4. The molecule has 2 aromatic carbocycles. The van der Waals surface area contributed by atoms with E-state index in [9.17, 15) is 4.79 Å². The second kappa shape index (κ2) is 9.34. The van der Waals surface area contributed by atoms with Gasteiger partial charge in [0, 0.05) is 16.7 Å². The van der Waals surface area contributed by atoms with Crippen LogP contribution in [0.5, 0.6) is 5.75 Å². The van der Waals surface area contributed by atoms with Crippen LogP contribution in [0.15, 0.2) is 58.0 Å². The summed E-state index contributed by atoms with van der Waals surface area (Å²) in [7, 11) is 0.